The summed E-state index contributed by atoms with van der Waals surface area (Å²) in [5, 5.41) is 3.47. The van der Waals surface area contributed by atoms with Crippen molar-refractivity contribution in [3.8, 4) is 0 Å². The zero-order valence-corrected chi connectivity index (χ0v) is 11.0. The van der Waals surface area contributed by atoms with E-state index in [1.54, 1.807) is 0 Å². The Morgan fingerprint density at radius 2 is 1.93 bits per heavy atom. The monoisotopic (exact) mass is 304 g/mol. The largest absolute Gasteiger partial charge is 0.399 e. The van der Waals surface area contributed by atoms with Crippen LogP contribution in [-0.2, 0) is 0 Å². The zero-order chi connectivity index (χ0) is 10.7. The number of hydrogen-bond acceptors (Lipinski definition) is 2. The number of rotatable bonds is 3. The fraction of sp³-hybridized carbons (Fsp3) is 0.455. The lowest BCUT2D eigenvalue weighted by atomic mass is 10.1. The smallest absolute Gasteiger partial charge is 0.0479 e. The molecule has 0 saturated heterocycles. The van der Waals surface area contributed by atoms with E-state index in [2.05, 4.69) is 48.7 Å². The number of nitrogen functional groups attached to an aromatic ring is 1. The van der Waals surface area contributed by atoms with Crippen molar-refractivity contribution in [2.24, 2.45) is 5.92 Å². The van der Waals surface area contributed by atoms with Gasteiger partial charge < -0.3 is 11.1 Å². The molecule has 0 heterocycles. The van der Waals surface area contributed by atoms with Crippen molar-refractivity contribution in [3.63, 3.8) is 0 Å². The van der Waals surface area contributed by atoms with Gasteiger partial charge in [0.15, 0.2) is 0 Å². The van der Waals surface area contributed by atoms with E-state index in [0.29, 0.717) is 12.0 Å². The van der Waals surface area contributed by atoms with E-state index < -0.39 is 0 Å². The van der Waals surface area contributed by atoms with Crippen molar-refractivity contribution in [1.29, 1.82) is 0 Å². The van der Waals surface area contributed by atoms with Gasteiger partial charge in [-0.1, -0.05) is 13.8 Å². The number of halogens is 1. The molecule has 3 N–H and O–H groups in total. The summed E-state index contributed by atoms with van der Waals surface area (Å²) in [4.78, 5) is 0. The molecule has 0 amide bonds. The first-order valence-electron chi connectivity index (χ1n) is 4.82. The number of benzene rings is 1. The minimum atomic E-state index is 0.479. The van der Waals surface area contributed by atoms with Gasteiger partial charge in [0.25, 0.3) is 0 Å². The third-order valence-corrected chi connectivity index (χ3v) is 3.27. The van der Waals surface area contributed by atoms with Crippen LogP contribution in [0.15, 0.2) is 18.2 Å². The molecule has 0 radical (unpaired) electrons. The van der Waals surface area contributed by atoms with Crippen molar-refractivity contribution in [1.82, 2.24) is 0 Å². The lowest BCUT2D eigenvalue weighted by Gasteiger charge is -2.19. The average molecular weight is 304 g/mol. The van der Waals surface area contributed by atoms with Crippen LogP contribution in [0.4, 0.5) is 11.4 Å². The summed E-state index contributed by atoms with van der Waals surface area (Å²) in [5.74, 6) is 0.628. The first-order chi connectivity index (χ1) is 6.50. The van der Waals surface area contributed by atoms with Crippen LogP contribution in [0, 0.1) is 9.49 Å². The third-order valence-electron chi connectivity index (χ3n) is 2.38. The highest BCUT2D eigenvalue weighted by atomic mass is 127. The van der Waals surface area contributed by atoms with E-state index in [9.17, 15) is 0 Å². The molecule has 0 spiro atoms. The number of nitrogens with one attached hydrogen (secondary N) is 1. The molecule has 1 aromatic carbocycles. The summed E-state index contributed by atoms with van der Waals surface area (Å²) in [5.41, 5.74) is 7.67. The molecule has 0 aliphatic rings. The normalized spacial score (nSPS) is 12.9. The van der Waals surface area contributed by atoms with Crippen LogP contribution in [0.3, 0.4) is 0 Å². The van der Waals surface area contributed by atoms with Gasteiger partial charge in [-0.3, -0.25) is 0 Å². The number of anilines is 2. The van der Waals surface area contributed by atoms with E-state index in [-0.39, 0.29) is 0 Å². The summed E-state index contributed by atoms with van der Waals surface area (Å²) in [6.07, 6.45) is 0. The van der Waals surface area contributed by atoms with Crippen molar-refractivity contribution >= 4 is 34.0 Å². The maximum atomic E-state index is 5.69. The topological polar surface area (TPSA) is 38.0 Å². The minimum Gasteiger partial charge on any atom is -0.399 e. The van der Waals surface area contributed by atoms with Crippen molar-refractivity contribution in [2.45, 2.75) is 26.8 Å². The van der Waals surface area contributed by atoms with Crippen molar-refractivity contribution in [2.75, 3.05) is 11.1 Å². The molecule has 0 fully saturated rings. The Bertz CT molecular complexity index is 310. The third kappa shape index (κ3) is 3.04. The molecule has 14 heavy (non-hydrogen) atoms. The van der Waals surface area contributed by atoms with Crippen LogP contribution in [0.2, 0.25) is 0 Å². The molecule has 0 bridgehead atoms. The van der Waals surface area contributed by atoms with Crippen molar-refractivity contribution in [3.05, 3.63) is 21.8 Å². The minimum absolute atomic E-state index is 0.479. The van der Waals surface area contributed by atoms with E-state index in [4.69, 9.17) is 5.73 Å². The second kappa shape index (κ2) is 4.87. The quantitative estimate of drug-likeness (QED) is 0.664. The van der Waals surface area contributed by atoms with E-state index in [1.807, 2.05) is 18.2 Å². The summed E-state index contributed by atoms with van der Waals surface area (Å²) in [6.45, 7) is 6.61. The highest BCUT2D eigenvalue weighted by Crippen LogP contribution is 2.22. The maximum absolute atomic E-state index is 5.69. The maximum Gasteiger partial charge on any atom is 0.0479 e. The summed E-state index contributed by atoms with van der Waals surface area (Å²) in [6, 6.07) is 6.43. The Morgan fingerprint density at radius 3 is 2.43 bits per heavy atom. The summed E-state index contributed by atoms with van der Waals surface area (Å²) < 4.78 is 1.18. The van der Waals surface area contributed by atoms with Gasteiger partial charge in [-0.2, -0.15) is 0 Å². The van der Waals surface area contributed by atoms with Gasteiger partial charge in [-0.15, -0.1) is 0 Å². The lowest BCUT2D eigenvalue weighted by molar-refractivity contribution is 0.560. The number of nitrogens with two attached hydrogens (primary N) is 1. The standard InChI is InChI=1S/C11H17IN2/c1-7(2)8(3)14-11-5-4-9(13)6-10(11)12/h4-8,14H,13H2,1-3H3. The molecule has 0 aliphatic heterocycles. The second-order valence-corrected chi connectivity index (χ2v) is 5.08. The first kappa shape index (κ1) is 11.6. The first-order valence-corrected chi connectivity index (χ1v) is 5.90. The van der Waals surface area contributed by atoms with Crippen LogP contribution in [0.1, 0.15) is 20.8 Å². The average Bonchev–Trinajstić information content (AvgIpc) is 2.09. The molecular weight excluding hydrogens is 287 g/mol. The predicted molar refractivity (Wildman–Crippen MR) is 71.5 cm³/mol. The molecular formula is C11H17IN2. The molecule has 1 unspecified atom stereocenters. The van der Waals surface area contributed by atoms with Gasteiger partial charge in [-0.25, -0.2) is 0 Å². The van der Waals surface area contributed by atoms with Crippen molar-refractivity contribution < 1.29 is 0 Å². The van der Waals surface area contributed by atoms with Gasteiger partial charge in [0.05, 0.1) is 0 Å². The highest BCUT2D eigenvalue weighted by Gasteiger charge is 2.08. The molecule has 0 aliphatic carbocycles. The molecule has 0 saturated carbocycles. The molecule has 1 atom stereocenters. The summed E-state index contributed by atoms with van der Waals surface area (Å²) in [7, 11) is 0. The van der Waals surface area contributed by atoms with Crippen LogP contribution in [-0.4, -0.2) is 6.04 Å². The van der Waals surface area contributed by atoms with Gasteiger partial charge in [0.2, 0.25) is 0 Å². The fourth-order valence-corrected chi connectivity index (χ4v) is 1.76. The van der Waals surface area contributed by atoms with Crippen LogP contribution < -0.4 is 11.1 Å². The Hall–Kier alpha value is -0.450. The molecule has 2 nitrogen and oxygen atoms in total. The SMILES string of the molecule is CC(C)C(C)Nc1ccc(N)cc1I. The number of hydrogen-bond donors (Lipinski definition) is 2. The van der Waals surface area contributed by atoms with Gasteiger partial charge in [0.1, 0.15) is 0 Å². The van der Waals surface area contributed by atoms with Gasteiger partial charge >= 0.3 is 0 Å². The van der Waals surface area contributed by atoms with Crippen LogP contribution >= 0.6 is 22.6 Å². The Kier molecular flexibility index (Phi) is 4.04. The van der Waals surface area contributed by atoms with Crippen LogP contribution in [0.25, 0.3) is 0 Å². The second-order valence-electron chi connectivity index (χ2n) is 3.92. The van der Waals surface area contributed by atoms with E-state index >= 15 is 0 Å². The Balaban J connectivity index is 2.77. The lowest BCUT2D eigenvalue weighted by Crippen LogP contribution is -2.21. The van der Waals surface area contributed by atoms with Gasteiger partial charge in [-0.05, 0) is 53.6 Å². The molecule has 1 aromatic rings. The molecule has 78 valence electrons. The van der Waals surface area contributed by atoms with E-state index in [0.717, 1.165) is 5.69 Å². The predicted octanol–water partition coefficient (Wildman–Crippen LogP) is 3.33. The summed E-state index contributed by atoms with van der Waals surface area (Å²) >= 11 is 2.30. The zero-order valence-electron chi connectivity index (χ0n) is 8.84. The Labute approximate surface area is 99.4 Å². The molecule has 0 aromatic heterocycles. The molecule has 3 heteroatoms. The van der Waals surface area contributed by atoms with Gasteiger partial charge in [0, 0.05) is 21.0 Å². The fourth-order valence-electron chi connectivity index (χ4n) is 1.06. The highest BCUT2D eigenvalue weighted by molar-refractivity contribution is 14.1. The molecule has 1 rings (SSSR count). The Morgan fingerprint density at radius 1 is 1.29 bits per heavy atom. The van der Waals surface area contributed by atoms with E-state index in [1.165, 1.54) is 9.26 Å². The van der Waals surface area contributed by atoms with Crippen LogP contribution in [0.5, 0.6) is 0 Å².